The number of nitrogens with one attached hydrogen (secondary N) is 2. The number of esters is 1. The van der Waals surface area contributed by atoms with Gasteiger partial charge in [-0.25, -0.2) is 13.1 Å². The van der Waals surface area contributed by atoms with E-state index in [1.165, 1.54) is 32.4 Å². The van der Waals surface area contributed by atoms with Crippen LogP contribution in [0.25, 0.3) is 0 Å². The van der Waals surface area contributed by atoms with Crippen molar-refractivity contribution in [2.45, 2.75) is 57.0 Å². The fourth-order valence-electron chi connectivity index (χ4n) is 4.09. The maximum absolute atomic E-state index is 12.9. The summed E-state index contributed by atoms with van der Waals surface area (Å²) in [5, 5.41) is 8.05. The third kappa shape index (κ3) is 8.64. The Morgan fingerprint density at radius 3 is 2.20 bits per heavy atom. The Balaban J connectivity index is 1.57. The lowest BCUT2D eigenvalue weighted by Gasteiger charge is -2.13. The minimum atomic E-state index is -3.87. The number of carbonyl (C=O) groups excluding carboxylic acids is 1. The van der Waals surface area contributed by atoms with E-state index in [0.717, 1.165) is 24.0 Å². The molecule has 10 heteroatoms. The van der Waals surface area contributed by atoms with Crippen LogP contribution in [0, 0.1) is 5.41 Å². The molecule has 214 valence electrons. The number of rotatable bonds is 15. The number of benzene rings is 3. The topological polar surface area (TPSA) is 141 Å². The molecule has 0 radical (unpaired) electrons. The van der Waals surface area contributed by atoms with Gasteiger partial charge in [-0.05, 0) is 66.3 Å². The third-order valence-electron chi connectivity index (χ3n) is 6.31. The first-order valence-electron chi connectivity index (χ1n) is 13.1. The van der Waals surface area contributed by atoms with Crippen molar-refractivity contribution in [1.82, 2.24) is 4.72 Å². The first kappa shape index (κ1) is 30.8. The lowest BCUT2D eigenvalue weighted by Crippen LogP contribution is -2.23. The Morgan fingerprint density at radius 1 is 0.925 bits per heavy atom. The van der Waals surface area contributed by atoms with E-state index in [-0.39, 0.29) is 30.2 Å². The molecule has 0 saturated heterocycles. The molecular formula is C30H37N3O6S. The number of methoxy groups -OCH3 is 2. The van der Waals surface area contributed by atoms with Crippen LogP contribution >= 0.6 is 0 Å². The Bertz CT molecular complexity index is 1400. The van der Waals surface area contributed by atoms with Crippen molar-refractivity contribution < 1.29 is 27.4 Å². The van der Waals surface area contributed by atoms with Gasteiger partial charge in [0.15, 0.2) is 0 Å². The Morgan fingerprint density at radius 2 is 1.60 bits per heavy atom. The van der Waals surface area contributed by atoms with Crippen molar-refractivity contribution in [3.63, 3.8) is 0 Å². The summed E-state index contributed by atoms with van der Waals surface area (Å²) in [5.41, 5.74) is 9.54. The largest absolute Gasteiger partial charge is 0.497 e. The predicted molar refractivity (Wildman–Crippen MR) is 155 cm³/mol. The Kier molecular flexibility index (Phi) is 11.2. The number of carbonyl (C=O) groups is 1. The van der Waals surface area contributed by atoms with E-state index in [9.17, 15) is 13.2 Å². The van der Waals surface area contributed by atoms with Crippen molar-refractivity contribution in [2.75, 3.05) is 14.2 Å². The molecule has 3 rings (SSSR count). The number of ether oxygens (including phenoxy) is 3. The normalized spacial score (nSPS) is 11.2. The molecule has 0 aliphatic rings. The maximum Gasteiger partial charge on any atom is 0.311 e. The molecule has 0 spiro atoms. The van der Waals surface area contributed by atoms with Crippen molar-refractivity contribution in [3.05, 3.63) is 82.9 Å². The molecule has 0 atom stereocenters. The standard InChI is InChI=1S/C30H37N3O6S/c1-4-6-28(32)23-11-9-21(10-12-23)7-5-8-30(34)39-29-14-13-27(17-24(29)19-31)40(35,36)33-20-22-15-25(37-2)18-26(16-22)38-3/h9-18,32-33H,4-8,19-20,31H2,1-3H3. The van der Waals surface area contributed by atoms with Gasteiger partial charge in [0.1, 0.15) is 17.2 Å². The number of nitrogens with two attached hydrogens (primary N) is 1. The average molecular weight is 568 g/mol. The lowest BCUT2D eigenvalue weighted by atomic mass is 10.0. The average Bonchev–Trinajstić information content (AvgIpc) is 2.96. The molecule has 0 amide bonds. The molecule has 0 aromatic heterocycles. The van der Waals surface area contributed by atoms with Crippen LogP contribution in [-0.2, 0) is 34.3 Å². The molecular weight excluding hydrogens is 530 g/mol. The monoisotopic (exact) mass is 567 g/mol. The van der Waals surface area contributed by atoms with Gasteiger partial charge in [0, 0.05) is 36.9 Å². The molecule has 3 aromatic carbocycles. The van der Waals surface area contributed by atoms with Gasteiger partial charge in [-0.1, -0.05) is 37.6 Å². The number of sulfonamides is 1. The molecule has 0 aliphatic carbocycles. The fraction of sp³-hybridized carbons (Fsp3) is 0.333. The van der Waals surface area contributed by atoms with Gasteiger partial charge >= 0.3 is 5.97 Å². The van der Waals surface area contributed by atoms with E-state index in [2.05, 4.69) is 11.6 Å². The van der Waals surface area contributed by atoms with E-state index in [0.29, 0.717) is 41.2 Å². The van der Waals surface area contributed by atoms with Gasteiger partial charge in [0.05, 0.1) is 19.1 Å². The molecule has 0 saturated carbocycles. The van der Waals surface area contributed by atoms with Gasteiger partial charge < -0.3 is 25.4 Å². The van der Waals surface area contributed by atoms with Crippen LogP contribution in [0.1, 0.15) is 54.9 Å². The summed E-state index contributed by atoms with van der Waals surface area (Å²) >= 11 is 0. The van der Waals surface area contributed by atoms with Crippen molar-refractivity contribution in [1.29, 1.82) is 5.41 Å². The van der Waals surface area contributed by atoms with E-state index in [4.69, 9.17) is 25.4 Å². The second kappa shape index (κ2) is 14.6. The van der Waals surface area contributed by atoms with Crippen molar-refractivity contribution >= 4 is 21.7 Å². The summed E-state index contributed by atoms with van der Waals surface area (Å²) in [7, 11) is -0.833. The SMILES string of the molecule is CCCC(=N)c1ccc(CCCC(=O)Oc2ccc(S(=O)(=O)NCc3cc(OC)cc(OC)c3)cc2CN)cc1. The van der Waals surface area contributed by atoms with Crippen LogP contribution in [0.4, 0.5) is 0 Å². The fourth-order valence-corrected chi connectivity index (χ4v) is 5.16. The van der Waals surface area contributed by atoms with Crippen LogP contribution < -0.4 is 24.7 Å². The summed E-state index contributed by atoms with van der Waals surface area (Å²) in [4.78, 5) is 12.5. The Hall–Kier alpha value is -3.73. The first-order valence-corrected chi connectivity index (χ1v) is 14.6. The van der Waals surface area contributed by atoms with Gasteiger partial charge in [-0.15, -0.1) is 0 Å². The molecule has 3 aromatic rings. The molecule has 0 aliphatic heterocycles. The quantitative estimate of drug-likeness (QED) is 0.137. The van der Waals surface area contributed by atoms with Crippen LogP contribution in [0.15, 0.2) is 65.6 Å². The van der Waals surface area contributed by atoms with Crippen LogP contribution in [0.5, 0.6) is 17.2 Å². The second-order valence-corrected chi connectivity index (χ2v) is 11.0. The second-order valence-electron chi connectivity index (χ2n) is 9.27. The highest BCUT2D eigenvalue weighted by Crippen LogP contribution is 2.25. The summed E-state index contributed by atoms with van der Waals surface area (Å²) in [6, 6.07) is 17.2. The van der Waals surface area contributed by atoms with Gasteiger partial charge in [-0.3, -0.25) is 4.79 Å². The van der Waals surface area contributed by atoms with Gasteiger partial charge in [-0.2, -0.15) is 0 Å². The van der Waals surface area contributed by atoms with Crippen LogP contribution in [-0.4, -0.2) is 34.3 Å². The summed E-state index contributed by atoms with van der Waals surface area (Å²) in [5.74, 6) is 0.915. The predicted octanol–water partition coefficient (Wildman–Crippen LogP) is 4.74. The third-order valence-corrected chi connectivity index (χ3v) is 7.71. The van der Waals surface area contributed by atoms with Crippen molar-refractivity contribution in [2.24, 2.45) is 5.73 Å². The maximum atomic E-state index is 12.9. The minimum Gasteiger partial charge on any atom is -0.497 e. The number of hydrogen-bond donors (Lipinski definition) is 3. The highest BCUT2D eigenvalue weighted by atomic mass is 32.2. The molecule has 40 heavy (non-hydrogen) atoms. The molecule has 9 nitrogen and oxygen atoms in total. The van der Waals surface area contributed by atoms with E-state index in [1.807, 2.05) is 24.3 Å². The summed E-state index contributed by atoms with van der Waals surface area (Å²) < 4.78 is 44.4. The zero-order chi connectivity index (χ0) is 29.1. The molecule has 0 unspecified atom stereocenters. The highest BCUT2D eigenvalue weighted by Gasteiger charge is 2.18. The lowest BCUT2D eigenvalue weighted by molar-refractivity contribution is -0.134. The highest BCUT2D eigenvalue weighted by molar-refractivity contribution is 7.89. The van der Waals surface area contributed by atoms with Crippen LogP contribution in [0.3, 0.4) is 0 Å². The molecule has 0 heterocycles. The molecule has 0 fully saturated rings. The van der Waals surface area contributed by atoms with Gasteiger partial charge in [0.2, 0.25) is 10.0 Å². The molecule has 0 bridgehead atoms. The zero-order valence-electron chi connectivity index (χ0n) is 23.2. The molecule has 4 N–H and O–H groups in total. The summed E-state index contributed by atoms with van der Waals surface area (Å²) in [6.07, 6.45) is 3.17. The van der Waals surface area contributed by atoms with E-state index in [1.54, 1.807) is 18.2 Å². The Labute approximate surface area is 236 Å². The van der Waals surface area contributed by atoms with E-state index < -0.39 is 16.0 Å². The van der Waals surface area contributed by atoms with Gasteiger partial charge in [0.25, 0.3) is 0 Å². The zero-order valence-corrected chi connectivity index (χ0v) is 24.0. The van der Waals surface area contributed by atoms with E-state index >= 15 is 0 Å². The smallest absolute Gasteiger partial charge is 0.311 e. The number of aryl methyl sites for hydroxylation is 1. The van der Waals surface area contributed by atoms with Crippen LogP contribution in [0.2, 0.25) is 0 Å². The first-order chi connectivity index (χ1) is 19.2. The number of hydrogen-bond acceptors (Lipinski definition) is 8. The minimum absolute atomic E-state index is 0.00155. The van der Waals surface area contributed by atoms with Crippen molar-refractivity contribution in [3.8, 4) is 17.2 Å². The summed E-state index contributed by atoms with van der Waals surface area (Å²) in [6.45, 7) is 2.07.